The Bertz CT molecular complexity index is 9740. The van der Waals surface area contributed by atoms with Gasteiger partial charge >= 0.3 is 0 Å². The molecular weight excluding hydrogens is 1900 g/mol. The molecular formula is C127H76Cl4N12O2S. The lowest BCUT2D eigenvalue weighted by molar-refractivity contribution is 0.669. The first-order valence-electron chi connectivity index (χ1n) is 47.6. The monoisotopic (exact) mass is 1970 g/mol. The first-order valence-corrected chi connectivity index (χ1v) is 49.9. The van der Waals surface area contributed by atoms with Crippen LogP contribution in [-0.4, -0.2) is 59.8 Å². The van der Waals surface area contributed by atoms with Gasteiger partial charge in [0, 0.05) is 97.4 Å². The summed E-state index contributed by atoms with van der Waals surface area (Å²) in [6.07, 6.45) is 0.888. The van der Waals surface area contributed by atoms with Gasteiger partial charge in [-0.3, -0.25) is 0 Å². The summed E-state index contributed by atoms with van der Waals surface area (Å²) in [5.41, 5.74) is 26.9. The minimum atomic E-state index is 0.151. The Kier molecular flexibility index (Phi) is 23.9. The van der Waals surface area contributed by atoms with Crippen molar-refractivity contribution in [2.24, 2.45) is 0 Å². The third-order valence-electron chi connectivity index (χ3n) is 26.5. The number of hydrogen-bond donors (Lipinski definition) is 0. The van der Waals surface area contributed by atoms with E-state index in [0.717, 1.165) is 122 Å². The van der Waals surface area contributed by atoms with Crippen molar-refractivity contribution < 1.29 is 8.83 Å². The van der Waals surface area contributed by atoms with E-state index in [-0.39, 0.29) is 21.1 Å². The SMILES string of the molecule is Clc1nc(-c2ccccc2)nc(-c2cccc3c2-c2cc(-c4cccc5ccccc45)ccc2C3)n1.Clc1nc(-c2ccccc2)nc(-c2cccc3oc4c(-c5ccc(-c6ccccc6)cc5)cccc4c23)n1.Clc1nc(-c2ccccc2)nc(-c2cccc3oc4c(-c5cccc6ccccc56)cccc4c23)n1.Clc1nc(-c2ccccc2)nc(-c2cccc3sc4ccc(-c5ccc6ccccc6c5)cc4c23)n1. The van der Waals surface area contributed by atoms with Crippen molar-refractivity contribution in [2.75, 3.05) is 0 Å². The number of hydrogen-bond acceptors (Lipinski definition) is 15. The number of thiophene rings is 1. The highest BCUT2D eigenvalue weighted by Crippen LogP contribution is 2.49. The first-order chi connectivity index (χ1) is 72.0. The number of nitrogens with zero attached hydrogens (tertiary/aromatic N) is 12. The molecule has 7 heterocycles. The van der Waals surface area contributed by atoms with Crippen LogP contribution in [0.3, 0.4) is 0 Å². The van der Waals surface area contributed by atoms with Gasteiger partial charge in [-0.05, 0) is 194 Å². The Labute approximate surface area is 861 Å². The zero-order valence-electron chi connectivity index (χ0n) is 77.5. The van der Waals surface area contributed by atoms with Crippen molar-refractivity contribution >= 4 is 154 Å². The van der Waals surface area contributed by atoms with E-state index in [1.165, 1.54) is 103 Å². The van der Waals surface area contributed by atoms with Gasteiger partial charge in [0.25, 0.3) is 0 Å². The highest BCUT2D eigenvalue weighted by Gasteiger charge is 2.28. The second-order valence-corrected chi connectivity index (χ2v) is 37.8. The van der Waals surface area contributed by atoms with Gasteiger partial charge in [-0.2, -0.15) is 39.9 Å². The Morgan fingerprint density at radius 2 is 0.541 bits per heavy atom. The lowest BCUT2D eigenvalue weighted by atomic mass is 9.93. The molecule has 0 unspecified atom stereocenters. The maximum Gasteiger partial charge on any atom is 0.226 e. The molecule has 0 N–H and O–H groups in total. The molecule has 28 rings (SSSR count). The second-order valence-electron chi connectivity index (χ2n) is 35.3. The average Bonchev–Trinajstić information content (AvgIpc) is 1.59. The predicted molar refractivity (Wildman–Crippen MR) is 598 cm³/mol. The summed E-state index contributed by atoms with van der Waals surface area (Å²) in [6.45, 7) is 0. The number of rotatable bonds is 13. The average molecular weight is 1980 g/mol. The number of halogens is 4. The summed E-state index contributed by atoms with van der Waals surface area (Å²) < 4.78 is 15.4. The summed E-state index contributed by atoms with van der Waals surface area (Å²) in [7, 11) is 0. The molecule has 146 heavy (non-hydrogen) atoms. The minimum Gasteiger partial charge on any atom is -0.455 e. The van der Waals surface area contributed by atoms with Gasteiger partial charge in [-0.15, -0.1) is 11.3 Å². The lowest BCUT2D eigenvalue weighted by Crippen LogP contribution is -1.98. The highest BCUT2D eigenvalue weighted by atomic mass is 35.5. The third kappa shape index (κ3) is 17.5. The molecule has 0 amide bonds. The molecule has 1 aliphatic rings. The second kappa shape index (κ2) is 38.9. The molecule has 0 fully saturated rings. The fraction of sp³-hybridized carbons (Fsp3) is 0.00787. The number of aromatic nitrogens is 12. The topological polar surface area (TPSA) is 181 Å². The van der Waals surface area contributed by atoms with E-state index in [2.05, 4.69) is 325 Å². The molecule has 0 bridgehead atoms. The number of furan rings is 2. The molecule has 0 atom stereocenters. The van der Waals surface area contributed by atoms with Crippen LogP contribution in [0.4, 0.5) is 0 Å². The van der Waals surface area contributed by atoms with Gasteiger partial charge in [0.2, 0.25) is 21.1 Å². The Balaban J connectivity index is 0.000000102. The molecule has 0 spiro atoms. The first kappa shape index (κ1) is 89.5. The van der Waals surface area contributed by atoms with E-state index >= 15 is 0 Å². The van der Waals surface area contributed by atoms with E-state index < -0.39 is 0 Å². The van der Waals surface area contributed by atoms with Crippen molar-refractivity contribution in [3.05, 3.63) is 481 Å². The molecule has 690 valence electrons. The lowest BCUT2D eigenvalue weighted by Gasteiger charge is -2.12. The Morgan fingerprint density at radius 3 is 1.08 bits per heavy atom. The Morgan fingerprint density at radius 1 is 0.185 bits per heavy atom. The molecule has 0 saturated heterocycles. The van der Waals surface area contributed by atoms with Gasteiger partial charge < -0.3 is 8.83 Å². The van der Waals surface area contributed by atoms with Crippen LogP contribution >= 0.6 is 57.7 Å². The van der Waals surface area contributed by atoms with Crippen molar-refractivity contribution in [3.8, 4) is 158 Å². The summed E-state index contributed by atoms with van der Waals surface area (Å²) in [5.74, 6) is 4.40. The van der Waals surface area contributed by atoms with Crippen LogP contribution in [0.1, 0.15) is 11.1 Å². The van der Waals surface area contributed by atoms with Gasteiger partial charge in [-0.1, -0.05) is 406 Å². The van der Waals surface area contributed by atoms with E-state index in [0.29, 0.717) is 46.6 Å². The van der Waals surface area contributed by atoms with E-state index in [1.807, 2.05) is 164 Å². The fourth-order valence-corrected chi connectivity index (χ4v) is 21.6. The highest BCUT2D eigenvalue weighted by molar-refractivity contribution is 7.26. The Hall–Kier alpha value is -17.8. The zero-order valence-corrected chi connectivity index (χ0v) is 81.4. The van der Waals surface area contributed by atoms with Gasteiger partial charge in [-0.25, -0.2) is 19.9 Å². The van der Waals surface area contributed by atoms with Crippen molar-refractivity contribution in [1.82, 2.24) is 59.8 Å². The molecule has 7 aromatic heterocycles. The molecule has 20 aromatic carbocycles. The third-order valence-corrected chi connectivity index (χ3v) is 28.4. The molecule has 19 heteroatoms. The summed E-state index contributed by atoms with van der Waals surface area (Å²) >= 11 is 27.3. The van der Waals surface area contributed by atoms with Crippen LogP contribution in [0.5, 0.6) is 0 Å². The van der Waals surface area contributed by atoms with Crippen LogP contribution in [-0.2, 0) is 6.42 Å². The number of fused-ring (bicyclic) bond motifs is 15. The largest absolute Gasteiger partial charge is 0.455 e. The van der Waals surface area contributed by atoms with Crippen molar-refractivity contribution in [3.63, 3.8) is 0 Å². The number of benzene rings is 20. The standard InChI is InChI=1S/C33H20ClN3O.C32H20ClN3.C31H18ClN3O.C31H18ClN3S/c34-33-36-31(24-11-5-2-6-12-24)35-32(37-33)27-15-8-16-28-29(27)26-14-7-13-25(30(26)38-28)23-19-17-22(18-20-23)21-9-3-1-4-10-21;33-32-35-30(21-9-2-1-3-10-21)34-31(36-32)27-15-7-12-24-18-22-16-17-23(19-28(22)29(24)27)26-14-6-11-20-8-4-5-13-25(20)26;32-31-34-29(20-10-2-1-3-11-20)33-30(35-31)25-17-8-18-26-27(25)24-16-7-15-23(28(24)36-26)22-14-6-12-19-9-4-5-13-21(19)22;32-31-34-29(20-8-2-1-3-9-20)33-30(35-31)24-11-6-12-27-28(24)25-18-23(15-16-26(25)36-27)22-14-13-19-7-4-5-10-21(19)17-22/h1-20H;1-17,19H,18H2;2*1-18H. The van der Waals surface area contributed by atoms with Crippen LogP contribution in [0, 0.1) is 0 Å². The van der Waals surface area contributed by atoms with Gasteiger partial charge in [0.1, 0.15) is 22.3 Å². The molecule has 27 aromatic rings. The van der Waals surface area contributed by atoms with Crippen LogP contribution in [0.2, 0.25) is 21.1 Å². The van der Waals surface area contributed by atoms with Gasteiger partial charge in [0.05, 0.1) is 0 Å². The van der Waals surface area contributed by atoms with Crippen molar-refractivity contribution in [2.45, 2.75) is 6.42 Å². The molecule has 14 nitrogen and oxygen atoms in total. The maximum atomic E-state index is 6.49. The summed E-state index contributed by atoms with van der Waals surface area (Å²) in [4.78, 5) is 54.8. The number of para-hydroxylation sites is 2. The summed E-state index contributed by atoms with van der Waals surface area (Å²) in [6, 6.07) is 154. The van der Waals surface area contributed by atoms with Gasteiger partial charge in [0.15, 0.2) is 46.6 Å². The van der Waals surface area contributed by atoms with Crippen molar-refractivity contribution in [1.29, 1.82) is 0 Å². The molecule has 0 aliphatic heterocycles. The normalized spacial score (nSPS) is 11.5. The zero-order chi connectivity index (χ0) is 97.7. The van der Waals surface area contributed by atoms with Crippen LogP contribution in [0.15, 0.2) is 458 Å². The molecule has 0 radical (unpaired) electrons. The van der Waals surface area contributed by atoms with Crippen LogP contribution in [0.25, 0.3) is 254 Å². The van der Waals surface area contributed by atoms with E-state index in [4.69, 9.17) is 75.2 Å². The predicted octanol–water partition coefficient (Wildman–Crippen LogP) is 35.0. The smallest absolute Gasteiger partial charge is 0.226 e. The summed E-state index contributed by atoms with van der Waals surface area (Å²) in [5, 5.41) is 14.3. The molecule has 0 saturated carbocycles. The maximum absolute atomic E-state index is 6.49. The molecule has 1 aliphatic carbocycles. The van der Waals surface area contributed by atoms with E-state index in [9.17, 15) is 0 Å². The fourth-order valence-electron chi connectivity index (χ4n) is 19.8. The van der Waals surface area contributed by atoms with E-state index in [1.54, 1.807) is 11.3 Å². The minimum absolute atomic E-state index is 0.151. The quantitative estimate of drug-likeness (QED) is 0.106. The van der Waals surface area contributed by atoms with Crippen LogP contribution < -0.4 is 0 Å².